The summed E-state index contributed by atoms with van der Waals surface area (Å²) in [6, 6.07) is 0. The van der Waals surface area contributed by atoms with Crippen LogP contribution in [0.15, 0.2) is 0 Å². The summed E-state index contributed by atoms with van der Waals surface area (Å²) >= 11 is 0. The largest absolute Gasteiger partial charge is 0.385 e. The van der Waals surface area contributed by atoms with E-state index in [9.17, 15) is 0 Å². The summed E-state index contributed by atoms with van der Waals surface area (Å²) in [5.74, 6) is 0. The van der Waals surface area contributed by atoms with Crippen LogP contribution in [0.4, 0.5) is 0 Å². The van der Waals surface area contributed by atoms with Crippen molar-refractivity contribution in [2.75, 3.05) is 33.4 Å². The maximum atomic E-state index is 5.52. The highest BCUT2D eigenvalue weighted by Gasteiger charge is 2.15. The Labute approximate surface area is 82.0 Å². The van der Waals surface area contributed by atoms with Gasteiger partial charge in [-0.3, -0.25) is 0 Å². The standard InChI is InChI=1S/C10H24N2O/c1-10(2,5-6-11)9-12-7-4-8-13-3/h12H,4-9,11H2,1-3H3. The third-order valence-electron chi connectivity index (χ3n) is 2.13. The van der Waals surface area contributed by atoms with E-state index < -0.39 is 0 Å². The predicted octanol–water partition coefficient (Wildman–Crippen LogP) is 0.987. The number of nitrogens with two attached hydrogens (primary N) is 1. The van der Waals surface area contributed by atoms with Gasteiger partial charge in [0.15, 0.2) is 0 Å². The molecule has 0 aliphatic rings. The van der Waals surface area contributed by atoms with Crippen molar-refractivity contribution in [2.24, 2.45) is 11.1 Å². The van der Waals surface area contributed by atoms with Gasteiger partial charge < -0.3 is 15.8 Å². The van der Waals surface area contributed by atoms with Gasteiger partial charge >= 0.3 is 0 Å². The van der Waals surface area contributed by atoms with E-state index in [2.05, 4.69) is 19.2 Å². The molecule has 0 aromatic heterocycles. The topological polar surface area (TPSA) is 47.3 Å². The van der Waals surface area contributed by atoms with Crippen molar-refractivity contribution in [3.05, 3.63) is 0 Å². The molecule has 0 aromatic carbocycles. The first-order valence-electron chi connectivity index (χ1n) is 5.02. The minimum atomic E-state index is 0.321. The second kappa shape index (κ2) is 7.30. The molecule has 3 nitrogen and oxygen atoms in total. The Morgan fingerprint density at radius 3 is 2.62 bits per heavy atom. The highest BCUT2D eigenvalue weighted by atomic mass is 16.5. The highest BCUT2D eigenvalue weighted by Crippen LogP contribution is 2.17. The van der Waals surface area contributed by atoms with Crippen LogP contribution in [0, 0.1) is 5.41 Å². The third-order valence-corrected chi connectivity index (χ3v) is 2.13. The molecule has 80 valence electrons. The normalized spacial score (nSPS) is 12.0. The molecule has 13 heavy (non-hydrogen) atoms. The van der Waals surface area contributed by atoms with Crippen LogP contribution in [0.5, 0.6) is 0 Å². The van der Waals surface area contributed by atoms with Gasteiger partial charge in [0, 0.05) is 20.3 Å². The number of nitrogens with one attached hydrogen (secondary N) is 1. The molecule has 0 fully saturated rings. The first kappa shape index (κ1) is 12.9. The highest BCUT2D eigenvalue weighted by molar-refractivity contribution is 4.71. The number of rotatable bonds is 8. The molecule has 3 N–H and O–H groups in total. The van der Waals surface area contributed by atoms with Crippen molar-refractivity contribution in [3.63, 3.8) is 0 Å². The van der Waals surface area contributed by atoms with Crippen LogP contribution in [-0.4, -0.2) is 33.4 Å². The number of methoxy groups -OCH3 is 1. The summed E-state index contributed by atoms with van der Waals surface area (Å²) in [5, 5.41) is 3.41. The summed E-state index contributed by atoms with van der Waals surface area (Å²) in [4.78, 5) is 0. The average Bonchev–Trinajstić information content (AvgIpc) is 2.04. The van der Waals surface area contributed by atoms with Crippen LogP contribution < -0.4 is 11.1 Å². The maximum absolute atomic E-state index is 5.52. The lowest BCUT2D eigenvalue weighted by atomic mass is 9.89. The Balaban J connectivity index is 3.29. The Morgan fingerprint density at radius 2 is 2.08 bits per heavy atom. The summed E-state index contributed by atoms with van der Waals surface area (Å²) in [6.45, 7) is 8.15. The maximum Gasteiger partial charge on any atom is 0.0474 e. The summed E-state index contributed by atoms with van der Waals surface area (Å²) in [7, 11) is 1.73. The van der Waals surface area contributed by atoms with Crippen molar-refractivity contribution in [1.82, 2.24) is 5.32 Å². The molecule has 0 rings (SSSR count). The molecule has 0 aliphatic heterocycles. The Bertz CT molecular complexity index is 115. The van der Waals surface area contributed by atoms with E-state index in [-0.39, 0.29) is 0 Å². The monoisotopic (exact) mass is 188 g/mol. The minimum Gasteiger partial charge on any atom is -0.385 e. The fourth-order valence-electron chi connectivity index (χ4n) is 1.25. The molecule has 0 atom stereocenters. The van der Waals surface area contributed by atoms with Gasteiger partial charge in [-0.05, 0) is 31.3 Å². The number of hydrogen-bond acceptors (Lipinski definition) is 3. The van der Waals surface area contributed by atoms with Crippen LogP contribution in [0.2, 0.25) is 0 Å². The second-order valence-corrected chi connectivity index (χ2v) is 4.23. The zero-order valence-electron chi connectivity index (χ0n) is 9.23. The van der Waals surface area contributed by atoms with Crippen LogP contribution in [0.1, 0.15) is 26.7 Å². The van der Waals surface area contributed by atoms with E-state index >= 15 is 0 Å². The van der Waals surface area contributed by atoms with Gasteiger partial charge in [0.1, 0.15) is 0 Å². The van der Waals surface area contributed by atoms with Gasteiger partial charge in [-0.2, -0.15) is 0 Å². The first-order valence-corrected chi connectivity index (χ1v) is 5.02. The zero-order valence-corrected chi connectivity index (χ0v) is 9.23. The predicted molar refractivity (Wildman–Crippen MR) is 56.8 cm³/mol. The molecular formula is C10H24N2O. The fraction of sp³-hybridized carbons (Fsp3) is 1.00. The molecule has 0 bridgehead atoms. The average molecular weight is 188 g/mol. The van der Waals surface area contributed by atoms with Crippen LogP contribution in [-0.2, 0) is 4.74 Å². The summed E-state index contributed by atoms with van der Waals surface area (Å²) in [6.07, 6.45) is 2.15. The van der Waals surface area contributed by atoms with E-state index in [1.165, 1.54) is 0 Å². The molecular weight excluding hydrogens is 164 g/mol. The number of hydrogen-bond donors (Lipinski definition) is 2. The van der Waals surface area contributed by atoms with Gasteiger partial charge in [0.05, 0.1) is 0 Å². The van der Waals surface area contributed by atoms with Crippen molar-refractivity contribution >= 4 is 0 Å². The Morgan fingerprint density at radius 1 is 1.38 bits per heavy atom. The molecule has 0 radical (unpaired) electrons. The van der Waals surface area contributed by atoms with Gasteiger partial charge in [0.2, 0.25) is 0 Å². The van der Waals surface area contributed by atoms with Crippen molar-refractivity contribution in [2.45, 2.75) is 26.7 Å². The van der Waals surface area contributed by atoms with E-state index in [0.717, 1.165) is 39.1 Å². The lowest BCUT2D eigenvalue weighted by molar-refractivity contribution is 0.192. The lowest BCUT2D eigenvalue weighted by Gasteiger charge is -2.24. The minimum absolute atomic E-state index is 0.321. The van der Waals surface area contributed by atoms with Crippen molar-refractivity contribution in [1.29, 1.82) is 0 Å². The Kier molecular flexibility index (Phi) is 7.23. The smallest absolute Gasteiger partial charge is 0.0474 e. The van der Waals surface area contributed by atoms with Crippen molar-refractivity contribution in [3.8, 4) is 0 Å². The summed E-state index contributed by atoms with van der Waals surface area (Å²) < 4.78 is 4.96. The van der Waals surface area contributed by atoms with Gasteiger partial charge in [-0.15, -0.1) is 0 Å². The first-order chi connectivity index (χ1) is 6.12. The number of ether oxygens (including phenoxy) is 1. The molecule has 0 unspecified atom stereocenters. The fourth-order valence-corrected chi connectivity index (χ4v) is 1.25. The second-order valence-electron chi connectivity index (χ2n) is 4.23. The molecule has 0 aromatic rings. The van der Waals surface area contributed by atoms with Crippen molar-refractivity contribution < 1.29 is 4.74 Å². The Hall–Kier alpha value is -0.120. The van der Waals surface area contributed by atoms with E-state index in [1.54, 1.807) is 7.11 Å². The van der Waals surface area contributed by atoms with Gasteiger partial charge in [-0.1, -0.05) is 13.8 Å². The molecule has 0 saturated carbocycles. The SMILES string of the molecule is COCCCNCC(C)(C)CCN. The molecule has 0 spiro atoms. The summed E-state index contributed by atoms with van der Waals surface area (Å²) in [5.41, 5.74) is 5.84. The van der Waals surface area contributed by atoms with Gasteiger partial charge in [0.25, 0.3) is 0 Å². The molecule has 3 heteroatoms. The van der Waals surface area contributed by atoms with Crippen LogP contribution in [0.25, 0.3) is 0 Å². The van der Waals surface area contributed by atoms with E-state index in [0.29, 0.717) is 5.41 Å². The van der Waals surface area contributed by atoms with E-state index in [4.69, 9.17) is 10.5 Å². The van der Waals surface area contributed by atoms with E-state index in [1.807, 2.05) is 0 Å². The lowest BCUT2D eigenvalue weighted by Crippen LogP contribution is -2.32. The van der Waals surface area contributed by atoms with Gasteiger partial charge in [-0.25, -0.2) is 0 Å². The molecule has 0 aliphatic carbocycles. The molecule has 0 amide bonds. The zero-order chi connectivity index (χ0) is 10.2. The van der Waals surface area contributed by atoms with Crippen LogP contribution >= 0.6 is 0 Å². The third kappa shape index (κ3) is 8.22. The molecule has 0 saturated heterocycles. The van der Waals surface area contributed by atoms with Crippen LogP contribution in [0.3, 0.4) is 0 Å². The molecule has 0 heterocycles. The quantitative estimate of drug-likeness (QED) is 0.558.